The molecule has 1 amide bonds. The zero-order valence-electron chi connectivity index (χ0n) is 16.9. The molecule has 0 aliphatic heterocycles. The lowest BCUT2D eigenvalue weighted by Gasteiger charge is -2.28. The van der Waals surface area contributed by atoms with Crippen molar-refractivity contribution in [1.82, 2.24) is 5.32 Å². The van der Waals surface area contributed by atoms with Gasteiger partial charge in [0.15, 0.2) is 0 Å². The number of alkyl carbamates (subject to hydrolysis) is 1. The van der Waals surface area contributed by atoms with Crippen molar-refractivity contribution in [3.05, 3.63) is 56.5 Å². The number of nitrogens with one attached hydrogen (secondary N) is 1. The van der Waals surface area contributed by atoms with Crippen LogP contribution in [-0.4, -0.2) is 18.2 Å². The molecule has 5 heteroatoms. The number of benzene rings is 2. The summed E-state index contributed by atoms with van der Waals surface area (Å²) in [6.07, 6.45) is 2.62. The highest BCUT2D eigenvalue weighted by Crippen LogP contribution is 2.52. The van der Waals surface area contributed by atoms with Gasteiger partial charge < -0.3 is 10.1 Å². The Kier molecular flexibility index (Phi) is 6.26. The Morgan fingerprint density at radius 3 is 2.04 bits per heavy atom. The van der Waals surface area contributed by atoms with Crippen molar-refractivity contribution in [3.8, 4) is 11.1 Å². The van der Waals surface area contributed by atoms with Gasteiger partial charge in [0.25, 0.3) is 0 Å². The third kappa shape index (κ3) is 4.62. The summed E-state index contributed by atoms with van der Waals surface area (Å²) in [5, 5.41) is 2.86. The predicted molar refractivity (Wildman–Crippen MR) is 122 cm³/mol. The third-order valence-electron chi connectivity index (χ3n) is 5.21. The van der Waals surface area contributed by atoms with Gasteiger partial charge in [0.1, 0.15) is 5.60 Å². The smallest absolute Gasteiger partial charge is 0.407 e. The molecule has 0 aromatic heterocycles. The molecule has 0 atom stereocenters. The van der Waals surface area contributed by atoms with Gasteiger partial charge in [0.2, 0.25) is 0 Å². The van der Waals surface area contributed by atoms with Crippen LogP contribution in [0.5, 0.6) is 0 Å². The second-order valence-electron chi connectivity index (χ2n) is 8.60. The molecule has 0 saturated heterocycles. The van der Waals surface area contributed by atoms with E-state index in [9.17, 15) is 4.79 Å². The maximum absolute atomic E-state index is 11.8. The number of hydrogen-bond donors (Lipinski definition) is 1. The van der Waals surface area contributed by atoms with Crippen molar-refractivity contribution in [1.29, 1.82) is 0 Å². The number of unbranched alkanes of at least 4 members (excludes halogenated alkanes) is 1. The Labute approximate surface area is 184 Å². The van der Waals surface area contributed by atoms with Crippen molar-refractivity contribution >= 4 is 38.0 Å². The highest BCUT2D eigenvalue weighted by atomic mass is 79.9. The lowest BCUT2D eigenvalue weighted by Crippen LogP contribution is -2.33. The molecule has 1 aliphatic rings. The second-order valence-corrected chi connectivity index (χ2v) is 10.4. The minimum Gasteiger partial charge on any atom is -0.444 e. The van der Waals surface area contributed by atoms with Crippen LogP contribution in [0.1, 0.15) is 58.1 Å². The van der Waals surface area contributed by atoms with Crippen LogP contribution in [0.3, 0.4) is 0 Å². The molecular formula is C23H27Br2NO2. The summed E-state index contributed by atoms with van der Waals surface area (Å²) < 4.78 is 7.51. The third-order valence-corrected chi connectivity index (χ3v) is 6.20. The lowest BCUT2D eigenvalue weighted by atomic mass is 9.76. The van der Waals surface area contributed by atoms with Crippen LogP contribution >= 0.6 is 31.9 Å². The molecule has 28 heavy (non-hydrogen) atoms. The number of carbonyl (C=O) groups excluding carboxylic acids is 1. The van der Waals surface area contributed by atoms with Crippen LogP contribution in [0, 0.1) is 0 Å². The van der Waals surface area contributed by atoms with E-state index in [0.29, 0.717) is 6.54 Å². The number of carbonyl (C=O) groups is 1. The fraction of sp³-hybridized carbons (Fsp3) is 0.435. The standard InChI is InChI=1S/C23H27Br2NO2/c1-22(2,3)28-21(27)26-12-6-5-11-23(4)19-13-15(24)7-9-17(19)18-10-8-16(25)14-20(18)23/h7-10,13-14H,5-6,11-12H2,1-4H3,(H,26,27). The molecule has 0 saturated carbocycles. The Morgan fingerprint density at radius 1 is 1.00 bits per heavy atom. The van der Waals surface area contributed by atoms with Crippen LogP contribution in [0.2, 0.25) is 0 Å². The first-order chi connectivity index (χ1) is 13.1. The molecule has 0 heterocycles. The van der Waals surface area contributed by atoms with E-state index < -0.39 is 5.60 Å². The quantitative estimate of drug-likeness (QED) is 0.434. The summed E-state index contributed by atoms with van der Waals surface area (Å²) in [5.74, 6) is 0. The molecule has 1 N–H and O–H groups in total. The lowest BCUT2D eigenvalue weighted by molar-refractivity contribution is 0.0527. The summed E-state index contributed by atoms with van der Waals surface area (Å²) in [6, 6.07) is 13.1. The molecule has 0 bridgehead atoms. The summed E-state index contributed by atoms with van der Waals surface area (Å²) >= 11 is 7.28. The van der Waals surface area contributed by atoms with E-state index in [1.54, 1.807) is 0 Å². The zero-order valence-corrected chi connectivity index (χ0v) is 20.0. The first-order valence-electron chi connectivity index (χ1n) is 9.67. The van der Waals surface area contributed by atoms with E-state index in [0.717, 1.165) is 28.2 Å². The van der Waals surface area contributed by atoms with Gasteiger partial charge in [-0.25, -0.2) is 4.79 Å². The zero-order chi connectivity index (χ0) is 20.5. The average Bonchev–Trinajstić information content (AvgIpc) is 2.82. The van der Waals surface area contributed by atoms with E-state index >= 15 is 0 Å². The summed E-state index contributed by atoms with van der Waals surface area (Å²) in [5.41, 5.74) is 4.88. The fourth-order valence-corrected chi connectivity index (χ4v) is 4.66. The van der Waals surface area contributed by atoms with Crippen LogP contribution in [0.25, 0.3) is 11.1 Å². The van der Waals surface area contributed by atoms with Gasteiger partial charge in [-0.3, -0.25) is 0 Å². The molecule has 0 radical (unpaired) electrons. The van der Waals surface area contributed by atoms with Crippen molar-refractivity contribution in [2.24, 2.45) is 0 Å². The van der Waals surface area contributed by atoms with Crippen molar-refractivity contribution in [3.63, 3.8) is 0 Å². The van der Waals surface area contributed by atoms with Crippen LogP contribution in [0.4, 0.5) is 4.79 Å². The monoisotopic (exact) mass is 507 g/mol. The highest BCUT2D eigenvalue weighted by molar-refractivity contribution is 9.10. The first-order valence-corrected chi connectivity index (χ1v) is 11.3. The van der Waals surface area contributed by atoms with Gasteiger partial charge >= 0.3 is 6.09 Å². The Morgan fingerprint density at radius 2 is 1.54 bits per heavy atom. The average molecular weight is 509 g/mol. The van der Waals surface area contributed by atoms with E-state index in [4.69, 9.17) is 4.74 Å². The second kappa shape index (κ2) is 8.19. The molecule has 2 aromatic rings. The summed E-state index contributed by atoms with van der Waals surface area (Å²) in [7, 11) is 0. The maximum Gasteiger partial charge on any atom is 0.407 e. The van der Waals surface area contributed by atoms with Crippen molar-refractivity contribution in [2.75, 3.05) is 6.54 Å². The van der Waals surface area contributed by atoms with Crippen molar-refractivity contribution in [2.45, 2.75) is 58.0 Å². The molecular weight excluding hydrogens is 482 g/mol. The van der Waals surface area contributed by atoms with E-state index in [-0.39, 0.29) is 11.5 Å². The largest absolute Gasteiger partial charge is 0.444 e. The van der Waals surface area contributed by atoms with Gasteiger partial charge in [-0.05, 0) is 80.1 Å². The SMILES string of the molecule is CC(C)(C)OC(=O)NCCCCC1(C)c2cc(Br)ccc2-c2ccc(Br)cc21. The topological polar surface area (TPSA) is 38.3 Å². The molecule has 1 aliphatic carbocycles. The van der Waals surface area contributed by atoms with Gasteiger partial charge in [-0.15, -0.1) is 0 Å². The van der Waals surface area contributed by atoms with E-state index in [2.05, 4.69) is 80.5 Å². The molecule has 3 nitrogen and oxygen atoms in total. The molecule has 0 unspecified atom stereocenters. The Bertz CT molecular complexity index is 835. The van der Waals surface area contributed by atoms with Crippen molar-refractivity contribution < 1.29 is 9.53 Å². The van der Waals surface area contributed by atoms with Gasteiger partial charge in [-0.2, -0.15) is 0 Å². The minimum absolute atomic E-state index is 0.0376. The number of ether oxygens (including phenoxy) is 1. The number of rotatable bonds is 5. The number of halogens is 2. The van der Waals surface area contributed by atoms with Crippen LogP contribution in [0.15, 0.2) is 45.3 Å². The van der Waals surface area contributed by atoms with E-state index in [1.807, 2.05) is 20.8 Å². The highest BCUT2D eigenvalue weighted by Gasteiger charge is 2.39. The number of fused-ring (bicyclic) bond motifs is 3. The van der Waals surface area contributed by atoms with Gasteiger partial charge in [-0.1, -0.05) is 57.3 Å². The normalized spacial score (nSPS) is 14.4. The number of hydrogen-bond acceptors (Lipinski definition) is 2. The summed E-state index contributed by atoms with van der Waals surface area (Å²) in [6.45, 7) is 8.58. The molecule has 150 valence electrons. The molecule has 3 rings (SSSR count). The van der Waals surface area contributed by atoms with E-state index in [1.165, 1.54) is 22.3 Å². The van der Waals surface area contributed by atoms with Gasteiger partial charge in [0.05, 0.1) is 0 Å². The fourth-order valence-electron chi connectivity index (χ4n) is 3.94. The minimum atomic E-state index is -0.463. The van der Waals surface area contributed by atoms with Gasteiger partial charge in [0, 0.05) is 20.9 Å². The Hall–Kier alpha value is -1.33. The predicted octanol–water partition coefficient (Wildman–Crippen LogP) is 7.19. The summed E-state index contributed by atoms with van der Waals surface area (Å²) in [4.78, 5) is 11.8. The Balaban J connectivity index is 1.69. The van der Waals surface area contributed by atoms with Crippen LogP contribution in [-0.2, 0) is 10.2 Å². The maximum atomic E-state index is 11.8. The number of amides is 1. The molecule has 2 aromatic carbocycles. The molecule has 0 spiro atoms. The van der Waals surface area contributed by atoms with Crippen LogP contribution < -0.4 is 5.32 Å². The molecule has 0 fully saturated rings. The first kappa shape index (κ1) is 21.4.